The van der Waals surface area contributed by atoms with Gasteiger partial charge in [0.25, 0.3) is 27.4 Å². The molecule has 5 amide bonds. The molecule has 3 heterocycles. The number of anilines is 4. The number of amides is 5. The number of ether oxygens (including phenoxy) is 3. The van der Waals surface area contributed by atoms with E-state index in [4.69, 9.17) is 14.2 Å². The predicted molar refractivity (Wildman–Crippen MR) is 232 cm³/mol. The highest BCUT2D eigenvalue weighted by molar-refractivity contribution is 14.1. The number of rotatable bonds is 19. The SMILES string of the molecule is Cc1cc(NS(=O)(=O)c2ccc(C(=O)NCCOCCOCCOCC(=O)Nc3cccc4c3CN(C3CCC(=O)NC3=O)C4=O)cc2)c(Nc2ccc(I)cc2F)n(C)c1=O. The smallest absolute Gasteiger partial charge is 0.262 e. The van der Waals surface area contributed by atoms with Crippen molar-refractivity contribution in [3.05, 3.63) is 109 Å². The highest BCUT2D eigenvalue weighted by atomic mass is 127. The first kappa shape index (κ1) is 45.8. The van der Waals surface area contributed by atoms with Crippen LogP contribution in [0.15, 0.2) is 76.4 Å². The maximum atomic E-state index is 14.7. The van der Waals surface area contributed by atoms with E-state index >= 15 is 0 Å². The van der Waals surface area contributed by atoms with Crippen molar-refractivity contribution in [2.45, 2.75) is 37.2 Å². The lowest BCUT2D eigenvalue weighted by atomic mass is 10.0. The fourth-order valence-corrected chi connectivity index (χ4v) is 8.17. The van der Waals surface area contributed by atoms with Gasteiger partial charge in [0.15, 0.2) is 0 Å². The summed E-state index contributed by atoms with van der Waals surface area (Å²) in [5.74, 6) is -2.70. The number of hydrogen-bond donors (Lipinski definition) is 5. The zero-order valence-electron chi connectivity index (χ0n) is 33.5. The fraction of sp³-hybridized carbons (Fsp3) is 0.317. The third-order valence-electron chi connectivity index (χ3n) is 9.81. The average molecular weight is 988 g/mol. The van der Waals surface area contributed by atoms with E-state index in [-0.39, 0.29) is 111 Å². The Kier molecular flexibility index (Phi) is 15.1. The number of imide groups is 1. The largest absolute Gasteiger partial charge is 0.377 e. The van der Waals surface area contributed by atoms with E-state index in [1.165, 1.54) is 65.9 Å². The number of fused-ring (bicyclic) bond motifs is 1. The Balaban J connectivity index is 0.863. The van der Waals surface area contributed by atoms with Crippen LogP contribution in [0.5, 0.6) is 0 Å². The highest BCUT2D eigenvalue weighted by Gasteiger charge is 2.40. The normalized spacial score (nSPS) is 14.9. The van der Waals surface area contributed by atoms with E-state index in [9.17, 15) is 41.6 Å². The number of carbonyl (C=O) groups excluding carboxylic acids is 5. The molecule has 2 aliphatic heterocycles. The van der Waals surface area contributed by atoms with Crippen molar-refractivity contribution in [2.75, 3.05) is 61.5 Å². The van der Waals surface area contributed by atoms with Crippen LogP contribution in [0.25, 0.3) is 0 Å². The molecule has 21 heteroatoms. The minimum Gasteiger partial charge on any atom is -0.377 e. The van der Waals surface area contributed by atoms with Gasteiger partial charge >= 0.3 is 0 Å². The van der Waals surface area contributed by atoms with Crippen LogP contribution in [0.1, 0.15) is 44.7 Å². The number of aryl methyl sites for hydroxylation is 1. The van der Waals surface area contributed by atoms with Crippen LogP contribution in [-0.4, -0.2) is 99.6 Å². The second kappa shape index (κ2) is 20.4. The van der Waals surface area contributed by atoms with E-state index in [0.29, 0.717) is 20.4 Å². The van der Waals surface area contributed by atoms with Crippen molar-refractivity contribution in [1.29, 1.82) is 0 Å². The molecule has 0 aliphatic carbocycles. The van der Waals surface area contributed by atoms with Crippen LogP contribution >= 0.6 is 22.6 Å². The molecule has 4 aromatic rings. The number of nitrogens with zero attached hydrogens (tertiary/aromatic N) is 2. The minimum absolute atomic E-state index is 0.0142. The van der Waals surface area contributed by atoms with Crippen molar-refractivity contribution in [2.24, 2.45) is 7.05 Å². The maximum Gasteiger partial charge on any atom is 0.262 e. The highest BCUT2D eigenvalue weighted by Crippen LogP contribution is 2.33. The van der Waals surface area contributed by atoms with Crippen LogP contribution in [-0.2, 0) is 52.2 Å². The number of carbonyl (C=O) groups is 5. The van der Waals surface area contributed by atoms with Gasteiger partial charge in [-0.05, 0) is 96.6 Å². The Morgan fingerprint density at radius 1 is 0.903 bits per heavy atom. The van der Waals surface area contributed by atoms with Gasteiger partial charge in [0.2, 0.25) is 17.7 Å². The average Bonchev–Trinajstić information content (AvgIpc) is 3.57. The molecule has 0 bridgehead atoms. The number of halogens is 2. The second-order valence-electron chi connectivity index (χ2n) is 14.1. The molecule has 0 saturated carbocycles. The molecule has 5 N–H and O–H groups in total. The molecule has 2 aliphatic rings. The molecule has 0 radical (unpaired) electrons. The molecule has 62 heavy (non-hydrogen) atoms. The summed E-state index contributed by atoms with van der Waals surface area (Å²) in [6.07, 6.45) is 0.367. The van der Waals surface area contributed by atoms with E-state index in [1.807, 2.05) is 22.6 Å². The summed E-state index contributed by atoms with van der Waals surface area (Å²) in [5.41, 5.74) is 1.49. The first-order valence-electron chi connectivity index (χ1n) is 19.3. The lowest BCUT2D eigenvalue weighted by Gasteiger charge is -2.29. The van der Waals surface area contributed by atoms with Crippen molar-refractivity contribution < 1.29 is 51.0 Å². The standard InChI is InChI=1S/C41H43FIN7O11S/c1-24-20-33(37(49(2)40(24)55)46-32-11-8-26(43)21-30(32)42)48-62(57,58)27-9-6-25(7-10-27)38(53)44-14-15-59-16-17-60-18-19-61-23-36(52)45-31-5-3-4-28-29(31)22-50(41(28)56)34-12-13-35(51)47-39(34)54/h3-11,20-21,34,46,48H,12-19,22-23H2,1-2H3,(H,44,53)(H,45,52)(H,47,51,54). The first-order chi connectivity index (χ1) is 29.6. The summed E-state index contributed by atoms with van der Waals surface area (Å²) >= 11 is 1.96. The Labute approximate surface area is 369 Å². The summed E-state index contributed by atoms with van der Waals surface area (Å²) in [4.78, 5) is 76.1. The van der Waals surface area contributed by atoms with Crippen molar-refractivity contribution in [3.63, 3.8) is 0 Å². The minimum atomic E-state index is -4.21. The molecule has 0 spiro atoms. The molecule has 1 saturated heterocycles. The van der Waals surface area contributed by atoms with E-state index in [2.05, 4.69) is 26.0 Å². The van der Waals surface area contributed by atoms with Crippen LogP contribution in [0.4, 0.5) is 27.3 Å². The van der Waals surface area contributed by atoms with Crippen LogP contribution in [0.2, 0.25) is 0 Å². The fourth-order valence-electron chi connectivity index (χ4n) is 6.66. The molecule has 18 nitrogen and oxygen atoms in total. The number of benzene rings is 3. The monoisotopic (exact) mass is 987 g/mol. The van der Waals surface area contributed by atoms with Gasteiger partial charge in [-0.3, -0.25) is 43.4 Å². The van der Waals surface area contributed by atoms with Gasteiger partial charge < -0.3 is 35.1 Å². The van der Waals surface area contributed by atoms with Crippen LogP contribution in [0.3, 0.4) is 0 Å². The zero-order valence-corrected chi connectivity index (χ0v) is 36.5. The number of sulfonamides is 1. The molecule has 1 atom stereocenters. The van der Waals surface area contributed by atoms with E-state index in [0.717, 1.165) is 0 Å². The van der Waals surface area contributed by atoms with Crippen molar-refractivity contribution in [3.8, 4) is 0 Å². The van der Waals surface area contributed by atoms with Crippen molar-refractivity contribution in [1.82, 2.24) is 20.1 Å². The second-order valence-corrected chi connectivity index (χ2v) is 17.1. The van der Waals surface area contributed by atoms with Gasteiger partial charge in [-0.2, -0.15) is 0 Å². The van der Waals surface area contributed by atoms with Gasteiger partial charge in [-0.25, -0.2) is 12.8 Å². The number of hydrogen-bond acceptors (Lipinski definition) is 12. The Morgan fingerprint density at radius 3 is 2.32 bits per heavy atom. The number of pyridine rings is 1. The van der Waals surface area contributed by atoms with Crippen molar-refractivity contribution >= 4 is 85.0 Å². The summed E-state index contributed by atoms with van der Waals surface area (Å²) in [6.45, 7) is 2.45. The molecule has 3 aromatic carbocycles. The molecule has 1 fully saturated rings. The maximum absolute atomic E-state index is 14.7. The Morgan fingerprint density at radius 2 is 1.61 bits per heavy atom. The molecule has 328 valence electrons. The lowest BCUT2D eigenvalue weighted by molar-refractivity contribution is -0.137. The number of aromatic nitrogens is 1. The zero-order chi connectivity index (χ0) is 44.6. The third-order valence-corrected chi connectivity index (χ3v) is 11.9. The molecule has 1 aromatic heterocycles. The lowest BCUT2D eigenvalue weighted by Crippen LogP contribution is -2.52. The number of nitrogens with one attached hydrogen (secondary N) is 5. The van der Waals surface area contributed by atoms with Gasteiger partial charge in [-0.1, -0.05) is 6.07 Å². The van der Waals surface area contributed by atoms with E-state index < -0.39 is 45.2 Å². The predicted octanol–water partition coefficient (Wildman–Crippen LogP) is 3.16. The van der Waals surface area contributed by atoms with Gasteiger partial charge in [0, 0.05) is 58.1 Å². The van der Waals surface area contributed by atoms with Gasteiger partial charge in [0.05, 0.1) is 49.3 Å². The van der Waals surface area contributed by atoms with Gasteiger partial charge in [-0.15, -0.1) is 0 Å². The third kappa shape index (κ3) is 11.2. The topological polar surface area (TPSA) is 233 Å². The molecule has 6 rings (SSSR count). The molecular weight excluding hydrogens is 944 g/mol. The summed E-state index contributed by atoms with van der Waals surface area (Å²) in [6, 6.07) is 15.2. The van der Waals surface area contributed by atoms with E-state index in [1.54, 1.807) is 24.3 Å². The molecule has 1 unspecified atom stereocenters. The summed E-state index contributed by atoms with van der Waals surface area (Å²) in [7, 11) is -2.78. The Bertz CT molecular complexity index is 2560. The molecular formula is C41H43FIN7O11S. The van der Waals surface area contributed by atoms with Crippen LogP contribution in [0, 0.1) is 16.3 Å². The quantitative estimate of drug-likeness (QED) is 0.0519. The summed E-state index contributed by atoms with van der Waals surface area (Å²) < 4.78 is 62.1. The van der Waals surface area contributed by atoms with Crippen LogP contribution < -0.4 is 31.5 Å². The number of piperidine rings is 1. The first-order valence-corrected chi connectivity index (χ1v) is 21.8. The van der Waals surface area contributed by atoms with Gasteiger partial charge in [0.1, 0.15) is 24.3 Å². The Hall–Kier alpha value is -5.75. The summed E-state index contributed by atoms with van der Waals surface area (Å²) in [5, 5.41) is 10.5.